The number of aryl methyl sites for hydroxylation is 2. The molecule has 3 heterocycles. The van der Waals surface area contributed by atoms with Gasteiger partial charge < -0.3 is 0 Å². The quantitative estimate of drug-likeness (QED) is 0.271. The van der Waals surface area contributed by atoms with Crippen LogP contribution in [0.3, 0.4) is 0 Å². The largest absolute Gasteiger partial charge is 0.439 e. The predicted octanol–water partition coefficient (Wildman–Crippen LogP) is 5.06. The van der Waals surface area contributed by atoms with E-state index >= 15 is 0 Å². The van der Waals surface area contributed by atoms with Gasteiger partial charge in [0.1, 0.15) is 15.8 Å². The molecule has 0 radical (unpaired) electrons. The van der Waals surface area contributed by atoms with Crippen molar-refractivity contribution in [3.63, 3.8) is 0 Å². The molecule has 0 saturated heterocycles. The number of hydrogen-bond acceptors (Lipinski definition) is 8. The molecule has 6 rings (SSSR count). The van der Waals surface area contributed by atoms with Crippen molar-refractivity contribution in [3.8, 4) is 22.5 Å². The number of H-pyrrole nitrogens is 1. The van der Waals surface area contributed by atoms with E-state index in [4.69, 9.17) is 9.51 Å². The van der Waals surface area contributed by atoms with Gasteiger partial charge in [-0.3, -0.25) is 18.9 Å². The molecule has 0 amide bonds. The van der Waals surface area contributed by atoms with Gasteiger partial charge in [0.2, 0.25) is 0 Å². The van der Waals surface area contributed by atoms with Crippen molar-refractivity contribution in [1.29, 1.82) is 0 Å². The minimum atomic E-state index is -0.594. The van der Waals surface area contributed by atoms with Crippen molar-refractivity contribution >= 4 is 11.3 Å². The summed E-state index contributed by atoms with van der Waals surface area (Å²) >= 11 is 1.61. The number of rotatable bonds is 9. The summed E-state index contributed by atoms with van der Waals surface area (Å²) in [5.41, 5.74) is 5.22. The third-order valence-electron chi connectivity index (χ3n) is 7.56. The van der Waals surface area contributed by atoms with Crippen LogP contribution in [0.25, 0.3) is 22.5 Å². The topological polar surface area (TPSA) is 120 Å². The molecule has 5 aromatic rings. The van der Waals surface area contributed by atoms with Gasteiger partial charge in [0.05, 0.1) is 6.54 Å². The van der Waals surface area contributed by atoms with Gasteiger partial charge >= 0.3 is 5.76 Å². The first-order valence-corrected chi connectivity index (χ1v) is 14.3. The van der Waals surface area contributed by atoms with Crippen LogP contribution in [0.15, 0.2) is 62.6 Å². The van der Waals surface area contributed by atoms with Gasteiger partial charge in [-0.2, -0.15) is 0 Å². The first kappa shape index (κ1) is 26.1. The second kappa shape index (κ2) is 10.4. The molecule has 9 nitrogen and oxygen atoms in total. The minimum Gasteiger partial charge on any atom is -0.296 e. The lowest BCUT2D eigenvalue weighted by Crippen LogP contribution is -2.30. The smallest absolute Gasteiger partial charge is 0.296 e. The SMILES string of the molecule is CCCc1nc(C)c(Cc2nnc(C3(C)CC3)s2)c(=O)n1Cc1ccc(-c2ccccc2-c2noc(=O)[nH]2)cc1. The Morgan fingerprint density at radius 1 is 1.05 bits per heavy atom. The first-order chi connectivity index (χ1) is 19.3. The Kier molecular flexibility index (Phi) is 6.79. The summed E-state index contributed by atoms with van der Waals surface area (Å²) in [4.78, 5) is 32.8. The van der Waals surface area contributed by atoms with E-state index in [1.165, 1.54) is 0 Å². The minimum absolute atomic E-state index is 0.0188. The average molecular weight is 555 g/mol. The van der Waals surface area contributed by atoms with Crippen molar-refractivity contribution in [3.05, 3.63) is 102 Å². The summed E-state index contributed by atoms with van der Waals surface area (Å²) in [5, 5.41) is 14.6. The summed E-state index contributed by atoms with van der Waals surface area (Å²) < 4.78 is 6.51. The van der Waals surface area contributed by atoms with Crippen LogP contribution in [0.4, 0.5) is 0 Å². The highest BCUT2D eigenvalue weighted by Gasteiger charge is 2.42. The molecule has 0 spiro atoms. The highest BCUT2D eigenvalue weighted by atomic mass is 32.1. The van der Waals surface area contributed by atoms with Gasteiger partial charge in [-0.15, -0.1) is 21.5 Å². The lowest BCUT2D eigenvalue weighted by molar-refractivity contribution is 0.388. The van der Waals surface area contributed by atoms with E-state index in [1.807, 2.05) is 55.5 Å². The molecule has 3 aromatic heterocycles. The Morgan fingerprint density at radius 3 is 2.48 bits per heavy atom. The van der Waals surface area contributed by atoms with Crippen LogP contribution in [0.2, 0.25) is 0 Å². The Morgan fingerprint density at radius 2 is 1.80 bits per heavy atom. The molecule has 1 saturated carbocycles. The standard InChI is InChI=1S/C30H30N6O3S/c1-4-7-24-31-18(2)23(16-25-33-34-28(40-25)30(3)14-15-30)27(37)36(24)17-19-10-12-20(13-11-19)21-8-5-6-9-22(21)26-32-29(38)39-35-26/h5-6,8-13H,4,7,14-17H2,1-3H3,(H,32,35,38). The molecule has 1 aliphatic rings. The maximum Gasteiger partial charge on any atom is 0.439 e. The van der Waals surface area contributed by atoms with E-state index in [0.717, 1.165) is 69.5 Å². The molecule has 1 aliphatic carbocycles. The van der Waals surface area contributed by atoms with E-state index in [-0.39, 0.29) is 11.0 Å². The fourth-order valence-corrected chi connectivity index (χ4v) is 5.97. The van der Waals surface area contributed by atoms with Crippen LogP contribution < -0.4 is 11.3 Å². The normalized spacial score (nSPS) is 14.0. The van der Waals surface area contributed by atoms with Crippen LogP contribution in [-0.2, 0) is 24.8 Å². The number of aromatic nitrogens is 6. The molecule has 1 N–H and O–H groups in total. The summed E-state index contributed by atoms with van der Waals surface area (Å²) in [6, 6.07) is 15.8. The fourth-order valence-electron chi connectivity index (χ4n) is 4.92. The van der Waals surface area contributed by atoms with E-state index in [1.54, 1.807) is 15.9 Å². The highest BCUT2D eigenvalue weighted by Crippen LogP contribution is 2.48. The van der Waals surface area contributed by atoms with Crippen LogP contribution in [-0.4, -0.2) is 29.9 Å². The van der Waals surface area contributed by atoms with Crippen molar-refractivity contribution in [2.45, 2.75) is 64.8 Å². The van der Waals surface area contributed by atoms with Gasteiger partial charge in [-0.25, -0.2) is 9.78 Å². The molecular formula is C30H30N6O3S. The lowest BCUT2D eigenvalue weighted by atomic mass is 9.98. The molecule has 2 aromatic carbocycles. The molecule has 40 heavy (non-hydrogen) atoms. The van der Waals surface area contributed by atoms with E-state index in [9.17, 15) is 9.59 Å². The zero-order chi connectivity index (χ0) is 27.9. The number of aromatic amines is 1. The molecule has 0 unspecified atom stereocenters. The van der Waals surface area contributed by atoms with Crippen molar-refractivity contribution in [2.24, 2.45) is 0 Å². The molecule has 10 heteroatoms. The Hall–Kier alpha value is -4.18. The van der Waals surface area contributed by atoms with E-state index in [2.05, 4.69) is 34.2 Å². The number of benzene rings is 2. The molecular weight excluding hydrogens is 524 g/mol. The molecule has 0 atom stereocenters. The van der Waals surface area contributed by atoms with Crippen LogP contribution in [0, 0.1) is 6.92 Å². The molecule has 0 aliphatic heterocycles. The van der Waals surface area contributed by atoms with E-state index < -0.39 is 5.76 Å². The Labute approximate surface area is 235 Å². The third-order valence-corrected chi connectivity index (χ3v) is 8.79. The second-order valence-corrected chi connectivity index (χ2v) is 11.7. The van der Waals surface area contributed by atoms with Gasteiger partial charge in [0.15, 0.2) is 5.82 Å². The fraction of sp³-hybridized carbons (Fsp3) is 0.333. The molecule has 0 bridgehead atoms. The Bertz CT molecular complexity index is 1790. The van der Waals surface area contributed by atoms with Gasteiger partial charge in [-0.05, 0) is 42.9 Å². The zero-order valence-corrected chi connectivity index (χ0v) is 23.5. The third kappa shape index (κ3) is 5.06. The predicted molar refractivity (Wildman–Crippen MR) is 154 cm³/mol. The maximum atomic E-state index is 13.8. The zero-order valence-electron chi connectivity index (χ0n) is 22.7. The van der Waals surface area contributed by atoms with Crippen LogP contribution >= 0.6 is 11.3 Å². The Balaban J connectivity index is 1.30. The lowest BCUT2D eigenvalue weighted by Gasteiger charge is -2.16. The summed E-state index contributed by atoms with van der Waals surface area (Å²) in [6.07, 6.45) is 4.34. The summed E-state index contributed by atoms with van der Waals surface area (Å²) in [5.74, 6) is 0.581. The number of hydrogen-bond donors (Lipinski definition) is 1. The van der Waals surface area contributed by atoms with Gasteiger partial charge in [0, 0.05) is 35.1 Å². The van der Waals surface area contributed by atoms with Crippen molar-refractivity contribution < 1.29 is 4.52 Å². The van der Waals surface area contributed by atoms with Gasteiger partial charge in [-0.1, -0.05) is 67.5 Å². The number of nitrogens with zero attached hydrogens (tertiary/aromatic N) is 5. The summed E-state index contributed by atoms with van der Waals surface area (Å²) in [7, 11) is 0. The number of nitrogens with one attached hydrogen (secondary N) is 1. The summed E-state index contributed by atoms with van der Waals surface area (Å²) in [6.45, 7) is 6.65. The van der Waals surface area contributed by atoms with Crippen molar-refractivity contribution in [1.82, 2.24) is 29.9 Å². The average Bonchev–Trinajstić information content (AvgIpc) is 3.32. The van der Waals surface area contributed by atoms with E-state index in [0.29, 0.717) is 24.4 Å². The van der Waals surface area contributed by atoms with Crippen LogP contribution in [0.1, 0.15) is 65.8 Å². The first-order valence-electron chi connectivity index (χ1n) is 13.5. The second-order valence-electron chi connectivity index (χ2n) is 10.7. The monoisotopic (exact) mass is 554 g/mol. The van der Waals surface area contributed by atoms with Gasteiger partial charge in [0.25, 0.3) is 5.56 Å². The maximum absolute atomic E-state index is 13.8. The highest BCUT2D eigenvalue weighted by molar-refractivity contribution is 7.11. The molecule has 1 fully saturated rings. The van der Waals surface area contributed by atoms with Crippen LogP contribution in [0.5, 0.6) is 0 Å². The van der Waals surface area contributed by atoms with Crippen molar-refractivity contribution in [2.75, 3.05) is 0 Å². The molecule has 204 valence electrons.